The normalized spacial score (nSPS) is 12.1. The van der Waals surface area contributed by atoms with Gasteiger partial charge in [0.2, 0.25) is 5.91 Å². The largest absolute Gasteiger partial charge is 0.495 e. The van der Waals surface area contributed by atoms with Gasteiger partial charge in [-0.15, -0.1) is 0 Å². The van der Waals surface area contributed by atoms with E-state index in [2.05, 4.69) is 26.1 Å². The monoisotopic (exact) mass is 292 g/mol. The second-order valence-corrected chi connectivity index (χ2v) is 6.48. The lowest BCUT2D eigenvalue weighted by molar-refractivity contribution is -0.121. The van der Waals surface area contributed by atoms with Crippen LogP contribution in [0.15, 0.2) is 18.2 Å². The molecule has 1 aromatic rings. The molecule has 0 radical (unpaired) electrons. The molecule has 0 aliphatic heterocycles. The molecular formula is C17H28N2O2. The van der Waals surface area contributed by atoms with Gasteiger partial charge in [-0.05, 0) is 36.0 Å². The molecule has 0 atom stereocenters. The van der Waals surface area contributed by atoms with Crippen molar-refractivity contribution >= 4 is 11.6 Å². The molecule has 21 heavy (non-hydrogen) atoms. The summed E-state index contributed by atoms with van der Waals surface area (Å²) in [5, 5.41) is 2.93. The van der Waals surface area contributed by atoms with Crippen LogP contribution in [0.5, 0.6) is 5.75 Å². The Morgan fingerprint density at radius 1 is 1.24 bits per heavy atom. The zero-order valence-corrected chi connectivity index (χ0v) is 14.0. The molecule has 0 bridgehead atoms. The third-order valence-corrected chi connectivity index (χ3v) is 4.03. The molecule has 0 spiro atoms. The molecule has 0 aliphatic rings. The molecule has 0 aromatic heterocycles. The number of hydrogen-bond acceptors (Lipinski definition) is 3. The maximum atomic E-state index is 12.4. The van der Waals surface area contributed by atoms with Gasteiger partial charge in [-0.25, -0.2) is 0 Å². The molecule has 118 valence electrons. The highest BCUT2D eigenvalue weighted by Gasteiger charge is 2.30. The van der Waals surface area contributed by atoms with Crippen molar-refractivity contribution in [2.45, 2.75) is 58.4 Å². The van der Waals surface area contributed by atoms with E-state index in [9.17, 15) is 4.79 Å². The van der Waals surface area contributed by atoms with Gasteiger partial charge in [0.05, 0.1) is 18.3 Å². The van der Waals surface area contributed by atoms with Crippen LogP contribution in [0.25, 0.3) is 0 Å². The standard InChI is InChI=1S/C17H28N2O2/c1-7-17(18,8-2)15(20)19-13-11-12(16(3,4)5)9-10-14(13)21-6/h9-11H,7-8,18H2,1-6H3,(H,19,20). The summed E-state index contributed by atoms with van der Waals surface area (Å²) in [5.74, 6) is 0.475. The van der Waals surface area contributed by atoms with Crippen molar-refractivity contribution in [2.24, 2.45) is 5.73 Å². The molecule has 1 rings (SSSR count). The zero-order valence-electron chi connectivity index (χ0n) is 14.0. The quantitative estimate of drug-likeness (QED) is 0.873. The summed E-state index contributed by atoms with van der Waals surface area (Å²) < 4.78 is 5.34. The van der Waals surface area contributed by atoms with Gasteiger partial charge in [-0.1, -0.05) is 40.7 Å². The fourth-order valence-electron chi connectivity index (χ4n) is 2.09. The molecular weight excluding hydrogens is 264 g/mol. The molecule has 0 aliphatic carbocycles. The Morgan fingerprint density at radius 2 is 1.81 bits per heavy atom. The van der Waals surface area contributed by atoms with Gasteiger partial charge >= 0.3 is 0 Å². The Bertz CT molecular complexity index is 500. The number of rotatable bonds is 5. The second kappa shape index (κ2) is 6.48. The molecule has 0 heterocycles. The molecule has 4 nitrogen and oxygen atoms in total. The molecule has 4 heteroatoms. The van der Waals surface area contributed by atoms with E-state index < -0.39 is 5.54 Å². The third kappa shape index (κ3) is 3.97. The average molecular weight is 292 g/mol. The van der Waals surface area contributed by atoms with Gasteiger partial charge in [0.25, 0.3) is 0 Å². The first-order valence-electron chi connectivity index (χ1n) is 7.46. The number of benzene rings is 1. The van der Waals surface area contributed by atoms with Crippen LogP contribution >= 0.6 is 0 Å². The van der Waals surface area contributed by atoms with E-state index in [-0.39, 0.29) is 11.3 Å². The number of nitrogens with one attached hydrogen (secondary N) is 1. The lowest BCUT2D eigenvalue weighted by Gasteiger charge is -2.26. The van der Waals surface area contributed by atoms with Gasteiger partial charge in [0.15, 0.2) is 0 Å². The third-order valence-electron chi connectivity index (χ3n) is 4.03. The topological polar surface area (TPSA) is 64.4 Å². The molecule has 0 fully saturated rings. The average Bonchev–Trinajstić information content (AvgIpc) is 2.45. The summed E-state index contributed by atoms with van der Waals surface area (Å²) >= 11 is 0. The first-order chi connectivity index (χ1) is 9.67. The highest BCUT2D eigenvalue weighted by molar-refractivity contribution is 5.99. The van der Waals surface area contributed by atoms with Gasteiger partial charge in [0, 0.05) is 0 Å². The van der Waals surface area contributed by atoms with E-state index in [4.69, 9.17) is 10.5 Å². The lowest BCUT2D eigenvalue weighted by atomic mass is 9.86. The van der Waals surface area contributed by atoms with Crippen molar-refractivity contribution in [3.8, 4) is 5.75 Å². The smallest absolute Gasteiger partial charge is 0.244 e. The van der Waals surface area contributed by atoms with Crippen molar-refractivity contribution in [3.05, 3.63) is 23.8 Å². The Morgan fingerprint density at radius 3 is 2.24 bits per heavy atom. The lowest BCUT2D eigenvalue weighted by Crippen LogP contribution is -2.50. The SMILES string of the molecule is CCC(N)(CC)C(=O)Nc1cc(C(C)(C)C)ccc1OC. The Labute approximate surface area is 128 Å². The second-order valence-electron chi connectivity index (χ2n) is 6.48. The summed E-state index contributed by atoms with van der Waals surface area (Å²) in [6.07, 6.45) is 1.19. The minimum absolute atomic E-state index is 0.00106. The summed E-state index contributed by atoms with van der Waals surface area (Å²) in [7, 11) is 1.59. The fourth-order valence-corrected chi connectivity index (χ4v) is 2.09. The highest BCUT2D eigenvalue weighted by Crippen LogP contribution is 2.32. The van der Waals surface area contributed by atoms with E-state index in [1.54, 1.807) is 7.11 Å². The Hall–Kier alpha value is -1.55. The van der Waals surface area contributed by atoms with Crippen molar-refractivity contribution in [3.63, 3.8) is 0 Å². The Kier molecular flexibility index (Phi) is 5.40. The predicted molar refractivity (Wildman–Crippen MR) is 87.8 cm³/mol. The Balaban J connectivity index is 3.14. The van der Waals surface area contributed by atoms with E-state index in [1.807, 2.05) is 32.0 Å². The molecule has 0 saturated heterocycles. The number of methoxy groups -OCH3 is 1. The van der Waals surface area contributed by atoms with Crippen molar-refractivity contribution in [1.82, 2.24) is 0 Å². The predicted octanol–water partition coefficient (Wildman–Crippen LogP) is 3.45. The molecule has 1 aromatic carbocycles. The number of nitrogens with two attached hydrogens (primary N) is 1. The van der Waals surface area contributed by atoms with E-state index in [0.29, 0.717) is 24.3 Å². The number of carbonyl (C=O) groups excluding carboxylic acids is 1. The van der Waals surface area contributed by atoms with Crippen LogP contribution in [0.2, 0.25) is 0 Å². The van der Waals surface area contributed by atoms with Crippen LogP contribution in [0.3, 0.4) is 0 Å². The van der Waals surface area contributed by atoms with Crippen LogP contribution in [0.4, 0.5) is 5.69 Å². The maximum absolute atomic E-state index is 12.4. The molecule has 0 saturated carbocycles. The van der Waals surface area contributed by atoms with Crippen LogP contribution in [-0.2, 0) is 10.2 Å². The number of anilines is 1. The van der Waals surface area contributed by atoms with Crippen molar-refractivity contribution in [2.75, 3.05) is 12.4 Å². The van der Waals surface area contributed by atoms with Gasteiger partial charge in [-0.2, -0.15) is 0 Å². The van der Waals surface area contributed by atoms with Gasteiger partial charge < -0.3 is 15.8 Å². The summed E-state index contributed by atoms with van der Waals surface area (Å²) in [6.45, 7) is 10.2. The number of carbonyl (C=O) groups is 1. The van der Waals surface area contributed by atoms with Crippen molar-refractivity contribution < 1.29 is 9.53 Å². The first kappa shape index (κ1) is 17.5. The van der Waals surface area contributed by atoms with Crippen LogP contribution < -0.4 is 15.8 Å². The van der Waals surface area contributed by atoms with E-state index in [1.165, 1.54) is 0 Å². The first-order valence-corrected chi connectivity index (χ1v) is 7.46. The number of ether oxygens (including phenoxy) is 1. The molecule has 0 unspecified atom stereocenters. The minimum atomic E-state index is -0.844. The van der Waals surface area contributed by atoms with Crippen LogP contribution in [0, 0.1) is 0 Å². The molecule has 3 N–H and O–H groups in total. The number of amides is 1. The summed E-state index contributed by atoms with van der Waals surface area (Å²) in [5.41, 5.74) is 7.11. The highest BCUT2D eigenvalue weighted by atomic mass is 16.5. The summed E-state index contributed by atoms with van der Waals surface area (Å²) in [6, 6.07) is 5.86. The van der Waals surface area contributed by atoms with E-state index >= 15 is 0 Å². The van der Waals surface area contributed by atoms with Gasteiger partial charge in [0.1, 0.15) is 5.75 Å². The van der Waals surface area contributed by atoms with E-state index in [0.717, 1.165) is 5.56 Å². The number of hydrogen-bond donors (Lipinski definition) is 2. The van der Waals surface area contributed by atoms with Crippen LogP contribution in [0.1, 0.15) is 53.0 Å². The fraction of sp³-hybridized carbons (Fsp3) is 0.588. The van der Waals surface area contributed by atoms with Crippen LogP contribution in [-0.4, -0.2) is 18.6 Å². The minimum Gasteiger partial charge on any atom is -0.495 e. The zero-order chi connectivity index (χ0) is 16.3. The summed E-state index contributed by atoms with van der Waals surface area (Å²) in [4.78, 5) is 12.4. The van der Waals surface area contributed by atoms with Gasteiger partial charge in [-0.3, -0.25) is 4.79 Å². The molecule has 1 amide bonds. The maximum Gasteiger partial charge on any atom is 0.244 e. The van der Waals surface area contributed by atoms with Crippen molar-refractivity contribution in [1.29, 1.82) is 0 Å².